The fraction of sp³-hybridized carbons (Fsp3) is 0.500. The average molecular weight is 266 g/mol. The molecule has 0 unspecified atom stereocenters. The van der Waals surface area contributed by atoms with Crippen LogP contribution in [-0.4, -0.2) is 25.3 Å². The van der Waals surface area contributed by atoms with Crippen LogP contribution in [0.1, 0.15) is 0 Å². The van der Waals surface area contributed by atoms with E-state index in [0.29, 0.717) is 0 Å². The maximum atomic E-state index is 10.5. The van der Waals surface area contributed by atoms with Gasteiger partial charge in [0, 0.05) is 0 Å². The monoisotopic (exact) mass is 268 g/mol. The van der Waals surface area contributed by atoms with E-state index < -0.39 is 25.3 Å². The molecule has 0 aromatic rings. The van der Waals surface area contributed by atoms with E-state index in [-0.39, 0.29) is 27.3 Å². The molecule has 0 radical (unpaired) electrons. The van der Waals surface area contributed by atoms with Crippen molar-refractivity contribution < 1.29 is 55.9 Å². The first kappa shape index (κ1) is 17.0. The minimum atomic E-state index is -1.66. The molecule has 7 heteroatoms. The van der Waals surface area contributed by atoms with Crippen LogP contribution in [0.4, 0.5) is 8.78 Å². The van der Waals surface area contributed by atoms with Crippen LogP contribution in [0, 0.1) is 0 Å². The van der Waals surface area contributed by atoms with Crippen LogP contribution in [0.3, 0.4) is 0 Å². The van der Waals surface area contributed by atoms with Crippen molar-refractivity contribution >= 4 is 11.9 Å². The van der Waals surface area contributed by atoms with Crippen molar-refractivity contribution in [3.05, 3.63) is 0 Å². The standard InChI is InChI=1S/2C2H3FO2.Cd/c2*3-1-2(4)5;/h2*1H2,(H,4,5);/q;;+2/p-2. The Hall–Kier alpha value is -0.278. The van der Waals surface area contributed by atoms with E-state index in [1.807, 2.05) is 0 Å². The predicted molar refractivity (Wildman–Crippen MR) is 22.0 cm³/mol. The molecule has 4 nitrogen and oxygen atoms in total. The van der Waals surface area contributed by atoms with Crippen LogP contribution < -0.4 is 10.2 Å². The molecule has 0 aliphatic heterocycles. The summed E-state index contributed by atoms with van der Waals surface area (Å²) in [7, 11) is 0. The molecule has 0 bridgehead atoms. The van der Waals surface area contributed by atoms with Crippen molar-refractivity contribution in [1.82, 2.24) is 0 Å². The third-order valence-electron chi connectivity index (χ3n) is 0.218. The summed E-state index contributed by atoms with van der Waals surface area (Å²) in [6.07, 6.45) is 0. The second-order valence-corrected chi connectivity index (χ2v) is 1.01. The van der Waals surface area contributed by atoms with Gasteiger partial charge in [0.1, 0.15) is 13.3 Å². The maximum Gasteiger partial charge on any atom is 2.00 e. The summed E-state index contributed by atoms with van der Waals surface area (Å²) in [4.78, 5) is 17.8. The Bertz CT molecular complexity index is 105. The van der Waals surface area contributed by atoms with E-state index in [9.17, 15) is 8.78 Å². The largest absolute Gasteiger partial charge is 2.00 e. The predicted octanol–water partition coefficient (Wildman–Crippen LogP) is -2.59. The molecule has 0 saturated carbocycles. The van der Waals surface area contributed by atoms with Gasteiger partial charge in [-0.25, -0.2) is 8.78 Å². The summed E-state index contributed by atoms with van der Waals surface area (Å²) in [5, 5.41) is 17.8. The first-order valence-electron chi connectivity index (χ1n) is 2.06. The third-order valence-corrected chi connectivity index (χ3v) is 0.218. The Labute approximate surface area is 81.4 Å². The Morgan fingerprint density at radius 2 is 1.09 bits per heavy atom. The van der Waals surface area contributed by atoms with Gasteiger partial charge in [0.15, 0.2) is 0 Å². The van der Waals surface area contributed by atoms with Gasteiger partial charge in [-0.15, -0.1) is 0 Å². The molecular weight excluding hydrogens is 262 g/mol. The fourth-order valence-corrected chi connectivity index (χ4v) is 0. The van der Waals surface area contributed by atoms with Crippen molar-refractivity contribution in [2.24, 2.45) is 0 Å². The van der Waals surface area contributed by atoms with Gasteiger partial charge in [-0.05, 0) is 0 Å². The molecule has 0 aliphatic carbocycles. The first-order chi connectivity index (χ1) is 4.54. The third kappa shape index (κ3) is 41.8. The number of hydrogen-bond acceptors (Lipinski definition) is 4. The first-order valence-corrected chi connectivity index (χ1v) is 2.06. The zero-order valence-corrected chi connectivity index (χ0v) is 9.55. The average Bonchev–Trinajstić information content (AvgIpc) is 1.89. The van der Waals surface area contributed by atoms with Crippen LogP contribution in [0.5, 0.6) is 0 Å². The Kier molecular flexibility index (Phi) is 19.2. The number of aliphatic carboxylic acids is 2. The quantitative estimate of drug-likeness (QED) is 0.514. The Morgan fingerprint density at radius 3 is 1.09 bits per heavy atom. The molecule has 0 amide bonds. The maximum absolute atomic E-state index is 10.5. The summed E-state index contributed by atoms with van der Waals surface area (Å²) < 4.78 is 20.9. The van der Waals surface area contributed by atoms with Crippen molar-refractivity contribution in [1.29, 1.82) is 0 Å². The fourth-order valence-electron chi connectivity index (χ4n) is 0. The summed E-state index contributed by atoms with van der Waals surface area (Å²) in [5.74, 6) is -3.32. The zero-order valence-electron chi connectivity index (χ0n) is 5.51. The molecule has 0 aliphatic rings. The molecule has 60 valence electrons. The van der Waals surface area contributed by atoms with E-state index >= 15 is 0 Å². The van der Waals surface area contributed by atoms with Crippen molar-refractivity contribution in [2.45, 2.75) is 0 Å². The van der Waals surface area contributed by atoms with E-state index in [1.165, 1.54) is 0 Å². The molecule has 0 rings (SSSR count). The Morgan fingerprint density at radius 1 is 1.00 bits per heavy atom. The van der Waals surface area contributed by atoms with Gasteiger partial charge in [-0.1, -0.05) is 0 Å². The van der Waals surface area contributed by atoms with Crippen LogP contribution in [0.25, 0.3) is 0 Å². The van der Waals surface area contributed by atoms with Crippen LogP contribution >= 0.6 is 0 Å². The summed E-state index contributed by atoms with van der Waals surface area (Å²) >= 11 is 0. The molecule has 0 N–H and O–H groups in total. The van der Waals surface area contributed by atoms with Gasteiger partial charge in [0.25, 0.3) is 0 Å². The normalized spacial score (nSPS) is 6.73. The topological polar surface area (TPSA) is 80.3 Å². The number of carbonyl (C=O) groups excluding carboxylic acids is 2. The van der Waals surface area contributed by atoms with E-state index in [2.05, 4.69) is 0 Å². The zero-order chi connectivity index (χ0) is 8.57. The molecule has 0 heterocycles. The second-order valence-electron chi connectivity index (χ2n) is 1.01. The molecule has 0 aromatic heterocycles. The molecular formula is C4H4CdF2O4. The molecule has 0 aromatic carbocycles. The SMILES string of the molecule is O=C([O-])CF.O=C([O-])CF.[Cd+2]. The van der Waals surface area contributed by atoms with Crippen molar-refractivity contribution in [2.75, 3.05) is 13.3 Å². The minimum Gasteiger partial charge on any atom is -0.547 e. The summed E-state index contributed by atoms with van der Waals surface area (Å²) in [6.45, 7) is -2.78. The van der Waals surface area contributed by atoms with E-state index in [0.717, 1.165) is 0 Å². The van der Waals surface area contributed by atoms with Crippen LogP contribution in [0.2, 0.25) is 0 Å². The molecule has 11 heavy (non-hydrogen) atoms. The number of alkyl halides is 2. The van der Waals surface area contributed by atoms with Crippen LogP contribution in [-0.2, 0) is 36.9 Å². The van der Waals surface area contributed by atoms with E-state index in [1.54, 1.807) is 0 Å². The van der Waals surface area contributed by atoms with Crippen molar-refractivity contribution in [3.63, 3.8) is 0 Å². The summed E-state index contributed by atoms with van der Waals surface area (Å²) in [6, 6.07) is 0. The van der Waals surface area contributed by atoms with Gasteiger partial charge in [-0.2, -0.15) is 0 Å². The number of halogens is 2. The van der Waals surface area contributed by atoms with Crippen molar-refractivity contribution in [3.8, 4) is 0 Å². The number of hydrogen-bond donors (Lipinski definition) is 0. The molecule has 0 saturated heterocycles. The second kappa shape index (κ2) is 12.4. The van der Waals surface area contributed by atoms with Gasteiger partial charge in [-0.3, -0.25) is 0 Å². The Balaban J connectivity index is -0.000000107. The van der Waals surface area contributed by atoms with Gasteiger partial charge in [0.05, 0.1) is 11.9 Å². The smallest absolute Gasteiger partial charge is 0.547 e. The number of rotatable bonds is 2. The number of carboxylic acid groups (broad SMARTS) is 2. The van der Waals surface area contributed by atoms with E-state index in [4.69, 9.17) is 19.8 Å². The number of carbonyl (C=O) groups is 2. The van der Waals surface area contributed by atoms with Gasteiger partial charge < -0.3 is 19.8 Å². The minimum absolute atomic E-state index is 0. The van der Waals surface area contributed by atoms with Crippen LogP contribution in [0.15, 0.2) is 0 Å². The van der Waals surface area contributed by atoms with Gasteiger partial charge >= 0.3 is 27.3 Å². The van der Waals surface area contributed by atoms with Gasteiger partial charge in [0.2, 0.25) is 0 Å². The summed E-state index contributed by atoms with van der Waals surface area (Å²) in [5.41, 5.74) is 0. The molecule has 0 fully saturated rings. The molecule has 0 atom stereocenters. The molecule has 0 spiro atoms. The number of carboxylic acids is 2.